The average molecular weight is 1090 g/mol. The topological polar surface area (TPSA) is 120 Å². The van der Waals surface area contributed by atoms with Gasteiger partial charge in [-0.2, -0.15) is 0 Å². The van der Waals surface area contributed by atoms with Crippen molar-refractivity contribution in [1.29, 1.82) is 0 Å². The first-order chi connectivity index (χ1) is 37.3. The summed E-state index contributed by atoms with van der Waals surface area (Å²) in [5, 5.41) is 0. The van der Waals surface area contributed by atoms with Crippen LogP contribution in [0.4, 0.5) is 0 Å². The van der Waals surface area contributed by atoms with Crippen LogP contribution >= 0.6 is 0 Å². The van der Waals surface area contributed by atoms with Gasteiger partial charge in [-0.25, -0.2) is 0 Å². The molecule has 2 aliphatic rings. The van der Waals surface area contributed by atoms with E-state index in [1.54, 1.807) is 0 Å². The van der Waals surface area contributed by atoms with Crippen LogP contribution in [0.15, 0.2) is 0 Å². The molecule has 0 aromatic heterocycles. The largest absolute Gasteiger partial charge is 0.465 e. The molecular formula is C67H124N2O8. The van der Waals surface area contributed by atoms with Crippen molar-refractivity contribution in [2.45, 2.75) is 330 Å². The molecule has 10 heteroatoms. The summed E-state index contributed by atoms with van der Waals surface area (Å²) in [5.41, 5.74) is -0.515. The number of unbranched alkanes of at least 4 members (excludes halogenated alkanes) is 21. The molecule has 1 unspecified atom stereocenters. The van der Waals surface area contributed by atoms with E-state index in [4.69, 9.17) is 14.2 Å². The highest BCUT2D eigenvalue weighted by Crippen LogP contribution is 2.31. The van der Waals surface area contributed by atoms with Gasteiger partial charge in [-0.15, -0.1) is 0 Å². The Balaban J connectivity index is 1.83. The number of hydrogen-bond acceptors (Lipinski definition) is 10. The molecule has 450 valence electrons. The molecule has 2 fully saturated rings. The molecule has 0 radical (unpaired) electrons. The van der Waals surface area contributed by atoms with Crippen LogP contribution in [0.5, 0.6) is 0 Å². The van der Waals surface area contributed by atoms with Crippen molar-refractivity contribution in [1.82, 2.24) is 9.80 Å². The minimum Gasteiger partial charge on any atom is -0.465 e. The van der Waals surface area contributed by atoms with Crippen molar-refractivity contribution in [3.8, 4) is 0 Å². The number of likely N-dealkylation sites (tertiary alicyclic amines) is 2. The number of nitrogens with zero attached hydrogens (tertiary/aromatic N) is 2. The molecule has 2 heterocycles. The van der Waals surface area contributed by atoms with E-state index in [-0.39, 0.29) is 53.5 Å². The van der Waals surface area contributed by atoms with Crippen molar-refractivity contribution in [3.63, 3.8) is 0 Å². The Kier molecular flexibility index (Phi) is 42.6. The number of carbonyl (C=O) groups excluding carboxylic acids is 5. The zero-order valence-corrected chi connectivity index (χ0v) is 51.7. The fourth-order valence-corrected chi connectivity index (χ4v) is 12.1. The van der Waals surface area contributed by atoms with Crippen molar-refractivity contribution >= 4 is 29.5 Å². The van der Waals surface area contributed by atoms with E-state index in [1.165, 1.54) is 116 Å². The van der Waals surface area contributed by atoms with E-state index in [0.29, 0.717) is 51.9 Å². The fourth-order valence-electron chi connectivity index (χ4n) is 12.1. The number of rotatable bonds is 50. The molecule has 0 amide bonds. The molecule has 77 heavy (non-hydrogen) atoms. The monoisotopic (exact) mass is 1080 g/mol. The highest BCUT2D eigenvalue weighted by atomic mass is 16.5. The van der Waals surface area contributed by atoms with Crippen LogP contribution in [-0.4, -0.2) is 97.9 Å². The maximum absolute atomic E-state index is 13.8. The van der Waals surface area contributed by atoms with Gasteiger partial charge in [0.25, 0.3) is 0 Å². The third-order valence-electron chi connectivity index (χ3n) is 17.4. The van der Waals surface area contributed by atoms with Crippen LogP contribution in [0.1, 0.15) is 318 Å². The van der Waals surface area contributed by atoms with Gasteiger partial charge in [-0.1, -0.05) is 188 Å². The molecule has 0 N–H and O–H groups in total. The second-order valence-corrected chi connectivity index (χ2v) is 25.2. The number of esters is 3. The number of Topliss-reactive ketones (excluding diaryl/α,β-unsaturated/α-hetero) is 2. The van der Waals surface area contributed by atoms with Gasteiger partial charge in [0.2, 0.25) is 0 Å². The summed E-state index contributed by atoms with van der Waals surface area (Å²) >= 11 is 0. The second kappa shape index (κ2) is 46.3. The molecule has 0 saturated carbocycles. The molecular weight excluding hydrogens is 961 g/mol. The quantitative estimate of drug-likeness (QED) is 0.0331. The third-order valence-corrected chi connectivity index (χ3v) is 17.4. The second-order valence-electron chi connectivity index (χ2n) is 25.2. The number of hydrogen-bond donors (Lipinski definition) is 0. The highest BCUT2D eigenvalue weighted by Gasteiger charge is 2.38. The Hall–Kier alpha value is -2.33. The van der Waals surface area contributed by atoms with E-state index in [1.807, 2.05) is 13.8 Å². The molecule has 2 saturated heterocycles. The van der Waals surface area contributed by atoms with Crippen LogP contribution in [0, 0.1) is 23.2 Å². The van der Waals surface area contributed by atoms with Crippen molar-refractivity contribution in [2.75, 3.05) is 46.4 Å². The summed E-state index contributed by atoms with van der Waals surface area (Å²) in [4.78, 5) is 71.1. The lowest BCUT2D eigenvalue weighted by molar-refractivity contribution is -0.154. The summed E-state index contributed by atoms with van der Waals surface area (Å²) < 4.78 is 17.9. The molecule has 0 bridgehead atoms. The van der Waals surface area contributed by atoms with Gasteiger partial charge < -0.3 is 19.1 Å². The lowest BCUT2D eigenvalue weighted by Gasteiger charge is -2.24. The van der Waals surface area contributed by atoms with Crippen molar-refractivity contribution in [3.05, 3.63) is 0 Å². The predicted octanol–water partition coefficient (Wildman–Crippen LogP) is 17.5. The first-order valence-corrected chi connectivity index (χ1v) is 33.3. The first-order valence-electron chi connectivity index (χ1n) is 33.3. The van der Waals surface area contributed by atoms with Crippen LogP contribution in [0.3, 0.4) is 0 Å². The molecule has 10 nitrogen and oxygen atoms in total. The smallest absolute Gasteiger partial charge is 0.323 e. The normalized spacial score (nSPS) is 17.7. The Morgan fingerprint density at radius 1 is 0.545 bits per heavy atom. The lowest BCUT2D eigenvalue weighted by Crippen LogP contribution is -2.38. The van der Waals surface area contributed by atoms with E-state index >= 15 is 0 Å². The van der Waals surface area contributed by atoms with Gasteiger partial charge in [0.1, 0.15) is 23.7 Å². The molecule has 0 aliphatic carbocycles. The van der Waals surface area contributed by atoms with Crippen LogP contribution in [-0.2, 0) is 38.2 Å². The Labute approximate surface area is 474 Å². The summed E-state index contributed by atoms with van der Waals surface area (Å²) in [6.45, 7) is 17.4. The third kappa shape index (κ3) is 35.9. The van der Waals surface area contributed by atoms with E-state index < -0.39 is 5.41 Å². The summed E-state index contributed by atoms with van der Waals surface area (Å²) in [5.74, 6) is 0.918. The van der Waals surface area contributed by atoms with E-state index in [0.717, 1.165) is 154 Å². The van der Waals surface area contributed by atoms with Crippen LogP contribution in [0.2, 0.25) is 0 Å². The summed E-state index contributed by atoms with van der Waals surface area (Å²) in [7, 11) is 2.13. The standard InChI is InChI=1S/C67H124N2O8/c1-8-12-16-18-21-29-42-61(43-30-22-19-17-13-9-2)77-64(72)44-31-23-20-26-36-52-75-65(73)62-55-58(54-60(70)45-46-63(71)59-41-32-35-49-68(7)51-47-59)56-69(62)50-34-25-24-33-48-67(5,6)66(74)76-53-37-40-57(38-27-14-10-3)39-28-15-11-4/h57-59,61-62H,8-56H2,1-7H3/t58-,59?,62-/m0/s1. The van der Waals surface area contributed by atoms with Gasteiger partial charge in [0, 0.05) is 38.1 Å². The molecule has 2 aliphatic heterocycles. The summed E-state index contributed by atoms with van der Waals surface area (Å²) in [6, 6.07) is -0.366. The van der Waals surface area contributed by atoms with E-state index in [2.05, 4.69) is 44.5 Å². The molecule has 0 aromatic carbocycles. The Bertz CT molecular complexity index is 1480. The minimum atomic E-state index is -0.515. The molecule has 3 atom stereocenters. The maximum atomic E-state index is 13.8. The highest BCUT2D eigenvalue weighted by molar-refractivity contribution is 5.87. The number of carbonyl (C=O) groups is 5. The maximum Gasteiger partial charge on any atom is 0.323 e. The number of ether oxygens (including phenoxy) is 3. The SMILES string of the molecule is CCCCCCCCC(CCCCCCCC)OC(=O)CCCCCCCOC(=O)[C@@H]1C[C@H](CC(=O)CCC(=O)C2CCCCN(C)CC2)CN1CCCCCCC(C)(C)C(=O)OCCCC(CCCCC)CCCCC. The zero-order valence-electron chi connectivity index (χ0n) is 51.7. The van der Waals surface area contributed by atoms with Gasteiger partial charge in [0.15, 0.2) is 0 Å². The van der Waals surface area contributed by atoms with Crippen molar-refractivity contribution in [2.24, 2.45) is 23.2 Å². The van der Waals surface area contributed by atoms with Gasteiger partial charge in [-0.05, 0) is 142 Å². The Morgan fingerprint density at radius 2 is 1.09 bits per heavy atom. The lowest BCUT2D eigenvalue weighted by atomic mass is 9.87. The molecule has 2 rings (SSSR count). The number of ketones is 2. The first kappa shape index (κ1) is 70.8. The van der Waals surface area contributed by atoms with Crippen LogP contribution in [0.25, 0.3) is 0 Å². The Morgan fingerprint density at radius 3 is 1.75 bits per heavy atom. The predicted molar refractivity (Wildman–Crippen MR) is 320 cm³/mol. The molecule has 0 spiro atoms. The van der Waals surface area contributed by atoms with Gasteiger partial charge >= 0.3 is 17.9 Å². The van der Waals surface area contributed by atoms with E-state index in [9.17, 15) is 24.0 Å². The summed E-state index contributed by atoms with van der Waals surface area (Å²) in [6.07, 6.45) is 44.7. The van der Waals surface area contributed by atoms with Crippen molar-refractivity contribution < 1.29 is 38.2 Å². The average Bonchev–Trinajstić information content (AvgIpc) is 3.81. The van der Waals surface area contributed by atoms with Crippen LogP contribution < -0.4 is 0 Å². The zero-order chi connectivity index (χ0) is 56.2. The fraction of sp³-hybridized carbons (Fsp3) is 0.925. The van der Waals surface area contributed by atoms with Gasteiger partial charge in [0.05, 0.1) is 18.6 Å². The minimum absolute atomic E-state index is 0.0464. The van der Waals surface area contributed by atoms with Gasteiger partial charge in [-0.3, -0.25) is 28.9 Å². The molecule has 0 aromatic rings.